The van der Waals surface area contributed by atoms with Crippen LogP contribution in [0.4, 0.5) is 11.5 Å². The highest BCUT2D eigenvalue weighted by Gasteiger charge is 2.09. The average Bonchev–Trinajstić information content (AvgIpc) is 2.41. The predicted octanol–water partition coefficient (Wildman–Crippen LogP) is 3.16. The third-order valence-electron chi connectivity index (χ3n) is 2.36. The summed E-state index contributed by atoms with van der Waals surface area (Å²) in [5.74, 6) is -0.535. The van der Waals surface area contributed by atoms with Gasteiger partial charge in [0.25, 0.3) is 0 Å². The quantitative estimate of drug-likeness (QED) is 0.908. The number of pyridine rings is 1. The minimum atomic E-state index is -1.02. The Hall–Kier alpha value is -2.39. The fourth-order valence-electron chi connectivity index (χ4n) is 1.48. The Kier molecular flexibility index (Phi) is 3.78. The van der Waals surface area contributed by atoms with E-state index in [1.54, 1.807) is 24.3 Å². The van der Waals surface area contributed by atoms with Gasteiger partial charge in [0.05, 0.1) is 17.2 Å². The summed E-state index contributed by atoms with van der Waals surface area (Å²) in [6, 6.07) is 10.0. The molecule has 0 aliphatic heterocycles. The molecule has 0 radical (unpaired) electrons. The van der Waals surface area contributed by atoms with E-state index in [4.69, 9.17) is 10.4 Å². The molecule has 0 saturated carbocycles. The first kappa shape index (κ1) is 13.1. The van der Waals surface area contributed by atoms with Crippen LogP contribution in [0.3, 0.4) is 0 Å². The molecular formula is C13H8BrN3O2. The van der Waals surface area contributed by atoms with Gasteiger partial charge in [-0.3, -0.25) is 0 Å². The zero-order valence-corrected chi connectivity index (χ0v) is 11.2. The van der Waals surface area contributed by atoms with E-state index >= 15 is 0 Å². The molecule has 0 bridgehead atoms. The van der Waals surface area contributed by atoms with Crippen LogP contribution in [0, 0.1) is 11.3 Å². The van der Waals surface area contributed by atoms with Crippen LogP contribution in [-0.2, 0) is 0 Å². The predicted molar refractivity (Wildman–Crippen MR) is 73.3 cm³/mol. The maximum Gasteiger partial charge on any atom is 0.336 e. The molecule has 0 atom stereocenters. The van der Waals surface area contributed by atoms with Gasteiger partial charge < -0.3 is 10.4 Å². The Bertz CT molecular complexity index is 680. The molecule has 0 amide bonds. The second-order valence-corrected chi connectivity index (χ2v) is 4.52. The number of nitrogens with one attached hydrogen (secondary N) is 1. The van der Waals surface area contributed by atoms with Crippen LogP contribution >= 0.6 is 15.9 Å². The first-order chi connectivity index (χ1) is 9.10. The number of hydrogen-bond donors (Lipinski definition) is 2. The lowest BCUT2D eigenvalue weighted by atomic mass is 10.2. The van der Waals surface area contributed by atoms with E-state index in [-0.39, 0.29) is 5.56 Å². The van der Waals surface area contributed by atoms with Gasteiger partial charge in [0.1, 0.15) is 5.82 Å². The summed E-state index contributed by atoms with van der Waals surface area (Å²) in [5.41, 5.74) is 1.22. The highest BCUT2D eigenvalue weighted by molar-refractivity contribution is 9.10. The molecule has 2 aromatic rings. The fourth-order valence-corrected chi connectivity index (χ4v) is 1.90. The number of benzene rings is 1. The maximum absolute atomic E-state index is 11.0. The molecule has 1 heterocycles. The molecule has 0 aliphatic rings. The minimum absolute atomic E-state index is 0.154. The van der Waals surface area contributed by atoms with Crippen LogP contribution in [0.25, 0.3) is 0 Å². The van der Waals surface area contributed by atoms with Gasteiger partial charge in [0.15, 0.2) is 0 Å². The number of carboxylic acids is 1. The van der Waals surface area contributed by atoms with Crippen LogP contribution < -0.4 is 5.32 Å². The Morgan fingerprint density at radius 2 is 2.16 bits per heavy atom. The van der Waals surface area contributed by atoms with Crippen molar-refractivity contribution in [3.8, 4) is 6.07 Å². The lowest BCUT2D eigenvalue weighted by molar-refractivity contribution is 0.0696. The number of aromatic carboxylic acids is 1. The number of hydrogen-bond acceptors (Lipinski definition) is 4. The summed E-state index contributed by atoms with van der Waals surface area (Å²) in [6.07, 6.45) is 1.51. The second kappa shape index (κ2) is 5.50. The van der Waals surface area contributed by atoms with Crippen molar-refractivity contribution in [1.29, 1.82) is 5.26 Å². The molecule has 1 aromatic heterocycles. The molecule has 94 valence electrons. The molecule has 2 N–H and O–H groups in total. The average molecular weight is 318 g/mol. The van der Waals surface area contributed by atoms with Crippen molar-refractivity contribution in [1.82, 2.24) is 4.98 Å². The smallest absolute Gasteiger partial charge is 0.336 e. The molecule has 0 fully saturated rings. The maximum atomic E-state index is 11.0. The van der Waals surface area contributed by atoms with Gasteiger partial charge in [0.2, 0.25) is 0 Å². The summed E-state index contributed by atoms with van der Waals surface area (Å²) in [7, 11) is 0. The first-order valence-corrected chi connectivity index (χ1v) is 6.05. The van der Waals surface area contributed by atoms with Gasteiger partial charge in [-0.2, -0.15) is 5.26 Å². The van der Waals surface area contributed by atoms with Gasteiger partial charge in [-0.15, -0.1) is 0 Å². The van der Waals surface area contributed by atoms with E-state index in [0.717, 1.165) is 0 Å². The number of carboxylic acid groups (broad SMARTS) is 1. The number of aromatic nitrogens is 1. The van der Waals surface area contributed by atoms with Crippen molar-refractivity contribution >= 4 is 33.4 Å². The van der Waals surface area contributed by atoms with Crippen LogP contribution in [0.1, 0.15) is 15.9 Å². The van der Waals surface area contributed by atoms with Gasteiger partial charge >= 0.3 is 5.97 Å². The lowest BCUT2D eigenvalue weighted by Gasteiger charge is -2.07. The number of rotatable bonds is 3. The molecule has 0 spiro atoms. The summed E-state index contributed by atoms with van der Waals surface area (Å²) < 4.78 is 0.504. The van der Waals surface area contributed by atoms with Gasteiger partial charge in [-0.25, -0.2) is 9.78 Å². The number of nitriles is 1. The SMILES string of the molecule is N#Cc1ccnc(Nc2ccc(Br)c(C(=O)O)c2)c1. The topological polar surface area (TPSA) is 86.0 Å². The van der Waals surface area contributed by atoms with E-state index in [9.17, 15) is 4.79 Å². The van der Waals surface area contributed by atoms with Crippen molar-refractivity contribution in [3.63, 3.8) is 0 Å². The van der Waals surface area contributed by atoms with Crippen molar-refractivity contribution in [2.45, 2.75) is 0 Å². The van der Waals surface area contributed by atoms with E-state index in [1.165, 1.54) is 12.3 Å². The number of halogens is 1. The summed E-state index contributed by atoms with van der Waals surface area (Å²) in [4.78, 5) is 15.1. The molecule has 5 nitrogen and oxygen atoms in total. The minimum Gasteiger partial charge on any atom is -0.478 e. The van der Waals surface area contributed by atoms with E-state index in [0.29, 0.717) is 21.5 Å². The van der Waals surface area contributed by atoms with Crippen LogP contribution in [-0.4, -0.2) is 16.1 Å². The normalized spacial score (nSPS) is 9.68. The van der Waals surface area contributed by atoms with E-state index < -0.39 is 5.97 Å². The van der Waals surface area contributed by atoms with Crippen LogP contribution in [0.5, 0.6) is 0 Å². The van der Waals surface area contributed by atoms with Crippen molar-refractivity contribution in [2.75, 3.05) is 5.32 Å². The zero-order valence-electron chi connectivity index (χ0n) is 9.59. The van der Waals surface area contributed by atoms with Gasteiger partial charge in [0, 0.05) is 16.4 Å². The zero-order chi connectivity index (χ0) is 13.8. The van der Waals surface area contributed by atoms with E-state index in [1.807, 2.05) is 6.07 Å². The largest absolute Gasteiger partial charge is 0.478 e. The number of nitrogens with zero attached hydrogens (tertiary/aromatic N) is 2. The standard InChI is InChI=1S/C13H8BrN3O2/c14-11-2-1-9(6-10(11)13(18)19)17-12-5-8(7-15)3-4-16-12/h1-6H,(H,16,17)(H,18,19). The van der Waals surface area contributed by atoms with Gasteiger partial charge in [-0.05, 0) is 46.3 Å². The number of anilines is 2. The molecule has 19 heavy (non-hydrogen) atoms. The highest BCUT2D eigenvalue weighted by Crippen LogP contribution is 2.23. The van der Waals surface area contributed by atoms with E-state index in [2.05, 4.69) is 26.2 Å². The molecule has 2 rings (SSSR count). The molecule has 0 saturated heterocycles. The van der Waals surface area contributed by atoms with Crippen LogP contribution in [0.2, 0.25) is 0 Å². The molecule has 0 unspecified atom stereocenters. The molecule has 0 aliphatic carbocycles. The van der Waals surface area contributed by atoms with Crippen LogP contribution in [0.15, 0.2) is 41.0 Å². The summed E-state index contributed by atoms with van der Waals surface area (Å²) >= 11 is 3.17. The highest BCUT2D eigenvalue weighted by atomic mass is 79.9. The molecular weight excluding hydrogens is 310 g/mol. The Morgan fingerprint density at radius 1 is 1.37 bits per heavy atom. The van der Waals surface area contributed by atoms with Gasteiger partial charge in [-0.1, -0.05) is 0 Å². The fraction of sp³-hybridized carbons (Fsp3) is 0. The Morgan fingerprint density at radius 3 is 2.84 bits per heavy atom. The third-order valence-corrected chi connectivity index (χ3v) is 3.05. The van der Waals surface area contributed by atoms with Crippen molar-refractivity contribution in [3.05, 3.63) is 52.1 Å². The molecule has 1 aromatic carbocycles. The summed E-state index contributed by atoms with van der Waals surface area (Å²) in [6.45, 7) is 0. The lowest BCUT2D eigenvalue weighted by Crippen LogP contribution is -2.00. The first-order valence-electron chi connectivity index (χ1n) is 5.26. The third kappa shape index (κ3) is 3.09. The monoisotopic (exact) mass is 317 g/mol. The Balaban J connectivity index is 2.31. The van der Waals surface area contributed by atoms with Crippen molar-refractivity contribution < 1.29 is 9.90 Å². The molecule has 6 heteroatoms. The van der Waals surface area contributed by atoms with Crippen molar-refractivity contribution in [2.24, 2.45) is 0 Å². The second-order valence-electron chi connectivity index (χ2n) is 3.67. The Labute approximate surface area is 117 Å². The summed E-state index contributed by atoms with van der Waals surface area (Å²) in [5, 5.41) is 20.8. The number of carbonyl (C=O) groups is 1.